The molecule has 0 aliphatic carbocycles. The Hall–Kier alpha value is -0.800. The van der Waals surface area contributed by atoms with Crippen LogP contribution in [0.25, 0.3) is 0 Å². The molecule has 0 saturated carbocycles. The summed E-state index contributed by atoms with van der Waals surface area (Å²) in [5.74, 6) is 1.06. The van der Waals surface area contributed by atoms with E-state index in [0.717, 1.165) is 13.1 Å². The molecule has 1 aliphatic rings. The van der Waals surface area contributed by atoms with Crippen LogP contribution in [0.4, 0.5) is 0 Å². The highest BCUT2D eigenvalue weighted by atomic mass is 35.5. The van der Waals surface area contributed by atoms with Gasteiger partial charge in [-0.3, -0.25) is 4.79 Å². The summed E-state index contributed by atoms with van der Waals surface area (Å²) < 4.78 is 0. The van der Waals surface area contributed by atoms with Gasteiger partial charge in [-0.25, -0.2) is 4.98 Å². The van der Waals surface area contributed by atoms with E-state index in [-0.39, 0.29) is 11.1 Å². The highest BCUT2D eigenvalue weighted by Crippen LogP contribution is 2.24. The van der Waals surface area contributed by atoms with Crippen molar-refractivity contribution in [1.29, 1.82) is 0 Å². The lowest BCUT2D eigenvalue weighted by atomic mass is 9.91. The Morgan fingerprint density at radius 1 is 1.33 bits per heavy atom. The normalized spacial score (nSPS) is 24.1. The van der Waals surface area contributed by atoms with Crippen molar-refractivity contribution in [2.75, 3.05) is 13.1 Å². The lowest BCUT2D eigenvalue weighted by Crippen LogP contribution is -2.42. The summed E-state index contributed by atoms with van der Waals surface area (Å²) in [6.45, 7) is 5.93. The molecule has 0 bridgehead atoms. The van der Waals surface area contributed by atoms with Crippen LogP contribution in [0.5, 0.6) is 0 Å². The number of aromatic nitrogens is 1. The van der Waals surface area contributed by atoms with Crippen molar-refractivity contribution in [1.82, 2.24) is 9.88 Å². The Balaban J connectivity index is 2.17. The molecule has 98 valence electrons. The Morgan fingerprint density at radius 2 is 1.94 bits per heavy atom. The van der Waals surface area contributed by atoms with Crippen LogP contribution in [-0.2, 0) is 0 Å². The summed E-state index contributed by atoms with van der Waals surface area (Å²) in [6.07, 6.45) is 2.66. The van der Waals surface area contributed by atoms with Crippen molar-refractivity contribution in [2.24, 2.45) is 11.8 Å². The molecule has 0 radical (unpaired) electrons. The van der Waals surface area contributed by atoms with Crippen molar-refractivity contribution in [3.8, 4) is 0 Å². The Kier molecular flexibility index (Phi) is 4.13. The Bertz CT molecular complexity index is 454. The van der Waals surface area contributed by atoms with E-state index >= 15 is 0 Å². The quantitative estimate of drug-likeness (QED) is 0.741. The first-order valence-electron chi connectivity index (χ1n) is 6.07. The van der Waals surface area contributed by atoms with Crippen LogP contribution < -0.4 is 0 Å². The second kappa shape index (κ2) is 5.45. The topological polar surface area (TPSA) is 33.2 Å². The number of piperidine rings is 1. The first-order valence-corrected chi connectivity index (χ1v) is 6.83. The largest absolute Gasteiger partial charge is 0.338 e. The van der Waals surface area contributed by atoms with Gasteiger partial charge >= 0.3 is 0 Å². The fourth-order valence-electron chi connectivity index (χ4n) is 2.55. The number of hydrogen-bond acceptors (Lipinski definition) is 2. The molecule has 1 aromatic rings. The molecule has 3 nitrogen and oxygen atoms in total. The van der Waals surface area contributed by atoms with Crippen LogP contribution in [0.3, 0.4) is 0 Å². The number of carbonyl (C=O) groups excluding carboxylic acids is 1. The first kappa shape index (κ1) is 13.6. The summed E-state index contributed by atoms with van der Waals surface area (Å²) >= 11 is 11.6. The minimum absolute atomic E-state index is 0.0144. The van der Waals surface area contributed by atoms with Crippen LogP contribution in [0.15, 0.2) is 12.3 Å². The van der Waals surface area contributed by atoms with Gasteiger partial charge in [0.05, 0.1) is 10.6 Å². The highest BCUT2D eigenvalue weighted by Gasteiger charge is 2.26. The van der Waals surface area contributed by atoms with E-state index in [9.17, 15) is 4.79 Å². The minimum atomic E-state index is -0.0144. The number of pyridine rings is 1. The van der Waals surface area contributed by atoms with Crippen molar-refractivity contribution in [3.05, 3.63) is 28.0 Å². The van der Waals surface area contributed by atoms with Crippen molar-refractivity contribution in [2.45, 2.75) is 20.3 Å². The number of halogens is 2. The third-order valence-electron chi connectivity index (χ3n) is 3.20. The predicted molar refractivity (Wildman–Crippen MR) is 73.1 cm³/mol. The van der Waals surface area contributed by atoms with Crippen molar-refractivity contribution in [3.63, 3.8) is 0 Å². The van der Waals surface area contributed by atoms with E-state index in [1.807, 2.05) is 4.90 Å². The van der Waals surface area contributed by atoms with Gasteiger partial charge in [0.2, 0.25) is 0 Å². The van der Waals surface area contributed by atoms with Gasteiger partial charge in [0.25, 0.3) is 5.91 Å². The van der Waals surface area contributed by atoms with E-state index in [1.165, 1.54) is 12.6 Å². The smallest absolute Gasteiger partial charge is 0.255 e. The van der Waals surface area contributed by atoms with Crippen LogP contribution >= 0.6 is 23.2 Å². The zero-order valence-corrected chi connectivity index (χ0v) is 12.0. The first-order chi connectivity index (χ1) is 8.47. The van der Waals surface area contributed by atoms with E-state index in [2.05, 4.69) is 18.8 Å². The van der Waals surface area contributed by atoms with Crippen LogP contribution in [0.2, 0.25) is 10.2 Å². The molecule has 2 atom stereocenters. The monoisotopic (exact) mass is 286 g/mol. The summed E-state index contributed by atoms with van der Waals surface area (Å²) in [5.41, 5.74) is 0.505. The van der Waals surface area contributed by atoms with Crippen molar-refractivity contribution >= 4 is 29.1 Å². The summed E-state index contributed by atoms with van der Waals surface area (Å²) in [6, 6.07) is 1.59. The molecule has 0 N–H and O–H groups in total. The number of nitrogens with zero attached hydrogens (tertiary/aromatic N) is 2. The fourth-order valence-corrected chi connectivity index (χ4v) is 2.82. The Morgan fingerprint density at radius 3 is 2.50 bits per heavy atom. The molecule has 18 heavy (non-hydrogen) atoms. The third-order valence-corrected chi connectivity index (χ3v) is 3.89. The lowest BCUT2D eigenvalue weighted by Gasteiger charge is -2.35. The number of likely N-dealkylation sites (tertiary alicyclic amines) is 1. The average Bonchev–Trinajstić information content (AvgIpc) is 2.30. The third kappa shape index (κ3) is 2.96. The van der Waals surface area contributed by atoms with Crippen LogP contribution in [-0.4, -0.2) is 28.9 Å². The molecule has 2 rings (SSSR count). The molecule has 1 saturated heterocycles. The molecule has 5 heteroatoms. The van der Waals surface area contributed by atoms with Gasteiger partial charge in [0, 0.05) is 19.3 Å². The van der Waals surface area contributed by atoms with Crippen molar-refractivity contribution < 1.29 is 4.79 Å². The van der Waals surface area contributed by atoms with Crippen LogP contribution in [0.1, 0.15) is 30.6 Å². The predicted octanol–water partition coefficient (Wildman–Crippen LogP) is 3.51. The van der Waals surface area contributed by atoms with Crippen LogP contribution in [0, 0.1) is 11.8 Å². The zero-order chi connectivity index (χ0) is 13.3. The summed E-state index contributed by atoms with van der Waals surface area (Å²) in [4.78, 5) is 18.1. The Labute approximate surface area is 117 Å². The zero-order valence-electron chi connectivity index (χ0n) is 10.5. The van der Waals surface area contributed by atoms with E-state index in [4.69, 9.17) is 23.2 Å². The molecule has 2 heterocycles. The molecule has 1 amide bonds. The second-order valence-corrected chi connectivity index (χ2v) is 5.92. The van der Waals surface area contributed by atoms with E-state index < -0.39 is 0 Å². The molecule has 1 fully saturated rings. The molecular weight excluding hydrogens is 271 g/mol. The maximum Gasteiger partial charge on any atom is 0.255 e. The van der Waals surface area contributed by atoms with Gasteiger partial charge in [-0.1, -0.05) is 37.0 Å². The highest BCUT2D eigenvalue weighted by molar-refractivity contribution is 6.41. The average molecular weight is 287 g/mol. The number of rotatable bonds is 1. The van der Waals surface area contributed by atoms with E-state index in [1.54, 1.807) is 6.07 Å². The van der Waals surface area contributed by atoms with Gasteiger partial charge in [0.1, 0.15) is 5.15 Å². The van der Waals surface area contributed by atoms with Gasteiger partial charge in [-0.15, -0.1) is 0 Å². The van der Waals surface area contributed by atoms with Gasteiger partial charge < -0.3 is 4.90 Å². The summed E-state index contributed by atoms with van der Waals surface area (Å²) in [5, 5.41) is 0.550. The van der Waals surface area contributed by atoms with Gasteiger partial charge in [-0.05, 0) is 24.3 Å². The van der Waals surface area contributed by atoms with Gasteiger partial charge in [0.15, 0.2) is 0 Å². The number of carbonyl (C=O) groups is 1. The summed E-state index contributed by atoms with van der Waals surface area (Å²) in [7, 11) is 0. The standard InChI is InChI=1S/C13H16Cl2N2O/c1-8-3-9(2)7-17(6-8)13(18)10-4-11(14)12(15)16-5-10/h4-5,8-9H,3,6-7H2,1-2H3. The van der Waals surface area contributed by atoms with E-state index in [0.29, 0.717) is 22.4 Å². The molecule has 1 aromatic heterocycles. The fraction of sp³-hybridized carbons (Fsp3) is 0.538. The maximum atomic E-state index is 12.3. The van der Waals surface area contributed by atoms with Gasteiger partial charge in [-0.2, -0.15) is 0 Å². The number of amides is 1. The lowest BCUT2D eigenvalue weighted by molar-refractivity contribution is 0.0622. The molecule has 1 aliphatic heterocycles. The molecular formula is C13H16Cl2N2O. The second-order valence-electron chi connectivity index (χ2n) is 5.15. The maximum absolute atomic E-state index is 12.3. The minimum Gasteiger partial charge on any atom is -0.338 e. The molecule has 0 spiro atoms. The molecule has 2 unspecified atom stereocenters. The molecule has 0 aromatic carbocycles. The number of hydrogen-bond donors (Lipinski definition) is 0. The SMILES string of the molecule is CC1CC(C)CN(C(=O)c2cnc(Cl)c(Cl)c2)C1.